The normalized spacial score (nSPS) is 11.4. The van der Waals surface area contributed by atoms with Crippen molar-refractivity contribution in [3.05, 3.63) is 58.3 Å². The van der Waals surface area contributed by atoms with Crippen LogP contribution in [0.5, 0.6) is 0 Å². The summed E-state index contributed by atoms with van der Waals surface area (Å²) in [5.74, 6) is 0. The van der Waals surface area contributed by atoms with Crippen LogP contribution < -0.4 is 11.5 Å². The molecule has 4 aromatic rings. The lowest BCUT2D eigenvalue weighted by Gasteiger charge is -1.94. The van der Waals surface area contributed by atoms with Gasteiger partial charge in [-0.1, -0.05) is 0 Å². The van der Waals surface area contributed by atoms with Crippen LogP contribution in [-0.2, 0) is 12.8 Å². The molecule has 0 aromatic carbocycles. The minimum Gasteiger partial charge on any atom is -0.330 e. The van der Waals surface area contributed by atoms with E-state index in [1.807, 2.05) is 45.3 Å². The van der Waals surface area contributed by atoms with Crippen molar-refractivity contribution in [3.63, 3.8) is 0 Å². The summed E-state index contributed by atoms with van der Waals surface area (Å²) in [7, 11) is 0. The average Bonchev–Trinajstić information content (AvgIpc) is 3.49. The summed E-state index contributed by atoms with van der Waals surface area (Å²) in [6, 6.07) is 18.0. The lowest BCUT2D eigenvalue weighted by Crippen LogP contribution is -1.99. The van der Waals surface area contributed by atoms with Gasteiger partial charge in [-0.2, -0.15) is 0 Å². The Balaban J connectivity index is 1.49. The van der Waals surface area contributed by atoms with Gasteiger partial charge >= 0.3 is 0 Å². The SMILES string of the molecule is NCCCc1ccc(-c2ccc(-c3ccc(-c4ccc(CCCN)s4)s3)s2)s1. The summed E-state index contributed by atoms with van der Waals surface area (Å²) < 4.78 is 0. The molecule has 0 amide bonds. The van der Waals surface area contributed by atoms with Gasteiger partial charge in [0.05, 0.1) is 0 Å². The van der Waals surface area contributed by atoms with Gasteiger partial charge in [-0.3, -0.25) is 0 Å². The molecule has 0 aliphatic heterocycles. The Morgan fingerprint density at radius 1 is 0.464 bits per heavy atom. The topological polar surface area (TPSA) is 52.0 Å². The fourth-order valence-electron chi connectivity index (χ4n) is 3.05. The summed E-state index contributed by atoms with van der Waals surface area (Å²) in [4.78, 5) is 11.0. The van der Waals surface area contributed by atoms with Crippen molar-refractivity contribution >= 4 is 45.3 Å². The zero-order chi connectivity index (χ0) is 19.3. The standard InChI is InChI=1S/C22H24N2S4/c23-13-1-3-15-5-7-17(25-15)19-9-11-21(27-19)22-12-10-20(28-22)18-8-6-16(26-18)4-2-14-24/h5-12H,1-4,13-14,23-24H2. The number of rotatable bonds is 9. The smallest absolute Gasteiger partial charge is 0.0449 e. The predicted octanol–water partition coefficient (Wildman–Crippen LogP) is 6.72. The summed E-state index contributed by atoms with van der Waals surface area (Å²) in [6.45, 7) is 1.52. The number of hydrogen-bond acceptors (Lipinski definition) is 6. The highest BCUT2D eigenvalue weighted by molar-refractivity contribution is 7.28. The Morgan fingerprint density at radius 2 is 0.786 bits per heavy atom. The molecular formula is C22H24N2S4. The van der Waals surface area contributed by atoms with E-state index in [-0.39, 0.29) is 0 Å². The molecule has 0 saturated carbocycles. The molecule has 0 aliphatic rings. The fourth-order valence-corrected chi connectivity index (χ4v) is 7.43. The lowest BCUT2D eigenvalue weighted by atomic mass is 10.2. The lowest BCUT2D eigenvalue weighted by molar-refractivity contribution is 0.843. The molecule has 2 nitrogen and oxygen atoms in total. The summed E-state index contributed by atoms with van der Waals surface area (Å²) in [5.41, 5.74) is 11.3. The maximum absolute atomic E-state index is 5.63. The van der Waals surface area contributed by atoms with Crippen LogP contribution in [0.4, 0.5) is 0 Å². The largest absolute Gasteiger partial charge is 0.330 e. The number of nitrogens with two attached hydrogens (primary N) is 2. The first kappa shape index (κ1) is 20.0. The molecule has 4 N–H and O–H groups in total. The molecule has 0 bridgehead atoms. The average molecular weight is 445 g/mol. The van der Waals surface area contributed by atoms with E-state index < -0.39 is 0 Å². The molecule has 0 unspecified atom stereocenters. The second-order valence-corrected chi connectivity index (χ2v) is 11.1. The molecule has 0 fully saturated rings. The van der Waals surface area contributed by atoms with E-state index in [4.69, 9.17) is 11.5 Å². The Bertz CT molecular complexity index is 938. The van der Waals surface area contributed by atoms with Crippen LogP contribution in [0.2, 0.25) is 0 Å². The van der Waals surface area contributed by atoms with Gasteiger partial charge in [-0.15, -0.1) is 45.3 Å². The van der Waals surface area contributed by atoms with Gasteiger partial charge in [0, 0.05) is 39.0 Å². The van der Waals surface area contributed by atoms with Crippen LogP contribution in [0.25, 0.3) is 29.3 Å². The fraction of sp³-hybridized carbons (Fsp3) is 0.273. The van der Waals surface area contributed by atoms with Crippen LogP contribution >= 0.6 is 45.3 Å². The molecule has 28 heavy (non-hydrogen) atoms. The van der Waals surface area contributed by atoms with Gasteiger partial charge < -0.3 is 11.5 Å². The van der Waals surface area contributed by atoms with Crippen molar-refractivity contribution in [1.82, 2.24) is 0 Å². The van der Waals surface area contributed by atoms with Crippen molar-refractivity contribution < 1.29 is 0 Å². The van der Waals surface area contributed by atoms with Gasteiger partial charge in [0.2, 0.25) is 0 Å². The van der Waals surface area contributed by atoms with Crippen molar-refractivity contribution in [2.45, 2.75) is 25.7 Å². The quantitative estimate of drug-likeness (QED) is 0.301. The highest BCUT2D eigenvalue weighted by Gasteiger charge is 2.11. The van der Waals surface area contributed by atoms with Crippen molar-refractivity contribution in [1.29, 1.82) is 0 Å². The first-order valence-electron chi connectivity index (χ1n) is 9.55. The highest BCUT2D eigenvalue weighted by Crippen LogP contribution is 2.43. The molecule has 0 aliphatic carbocycles. The Hall–Kier alpha value is -1.28. The van der Waals surface area contributed by atoms with Crippen molar-refractivity contribution in [3.8, 4) is 29.3 Å². The van der Waals surface area contributed by atoms with E-state index in [0.29, 0.717) is 0 Å². The molecule has 4 heterocycles. The van der Waals surface area contributed by atoms with Gasteiger partial charge in [0.15, 0.2) is 0 Å². The third-order valence-corrected chi connectivity index (χ3v) is 9.57. The molecule has 0 spiro atoms. The Labute approximate surface area is 182 Å². The minimum atomic E-state index is 0.760. The maximum Gasteiger partial charge on any atom is 0.0449 e. The monoisotopic (exact) mass is 444 g/mol. The van der Waals surface area contributed by atoms with Gasteiger partial charge in [0.1, 0.15) is 0 Å². The van der Waals surface area contributed by atoms with E-state index in [1.54, 1.807) is 0 Å². The molecule has 0 atom stereocenters. The molecule has 0 saturated heterocycles. The second kappa shape index (κ2) is 9.48. The van der Waals surface area contributed by atoms with Crippen LogP contribution in [0, 0.1) is 0 Å². The first-order chi connectivity index (χ1) is 13.8. The predicted molar refractivity (Wildman–Crippen MR) is 129 cm³/mol. The second-order valence-electron chi connectivity index (χ2n) is 6.64. The third kappa shape index (κ3) is 4.64. The van der Waals surface area contributed by atoms with E-state index in [0.717, 1.165) is 38.8 Å². The molecule has 4 aromatic heterocycles. The molecule has 6 heteroatoms. The Morgan fingerprint density at radius 3 is 1.14 bits per heavy atom. The van der Waals surface area contributed by atoms with Gasteiger partial charge in [0.25, 0.3) is 0 Å². The van der Waals surface area contributed by atoms with Crippen LogP contribution in [-0.4, -0.2) is 13.1 Å². The zero-order valence-corrected chi connectivity index (χ0v) is 18.9. The van der Waals surface area contributed by atoms with Crippen LogP contribution in [0.15, 0.2) is 48.5 Å². The number of thiophene rings is 4. The van der Waals surface area contributed by atoms with Crippen LogP contribution in [0.3, 0.4) is 0 Å². The molecule has 4 rings (SSSR count). The highest BCUT2D eigenvalue weighted by atomic mass is 32.1. The number of aryl methyl sites for hydroxylation is 2. The molecule has 146 valence electrons. The van der Waals surface area contributed by atoms with E-state index >= 15 is 0 Å². The molecule has 0 radical (unpaired) electrons. The van der Waals surface area contributed by atoms with Crippen LogP contribution in [0.1, 0.15) is 22.6 Å². The summed E-state index contributed by atoms with van der Waals surface area (Å²) in [5, 5.41) is 0. The Kier molecular flexibility index (Phi) is 6.77. The van der Waals surface area contributed by atoms with Crippen molar-refractivity contribution in [2.24, 2.45) is 11.5 Å². The minimum absolute atomic E-state index is 0.760. The zero-order valence-electron chi connectivity index (χ0n) is 15.6. The summed E-state index contributed by atoms with van der Waals surface area (Å²) >= 11 is 7.57. The van der Waals surface area contributed by atoms with Gasteiger partial charge in [-0.05, 0) is 87.3 Å². The third-order valence-electron chi connectivity index (χ3n) is 4.52. The van der Waals surface area contributed by atoms with Crippen molar-refractivity contribution in [2.75, 3.05) is 13.1 Å². The first-order valence-corrected chi connectivity index (χ1v) is 12.8. The molecular weight excluding hydrogens is 421 g/mol. The number of hydrogen-bond donors (Lipinski definition) is 2. The summed E-state index contributed by atoms with van der Waals surface area (Å²) in [6.07, 6.45) is 4.29. The van der Waals surface area contributed by atoms with Gasteiger partial charge in [-0.25, -0.2) is 0 Å². The van der Waals surface area contributed by atoms with E-state index in [2.05, 4.69) is 48.5 Å². The van der Waals surface area contributed by atoms with E-state index in [9.17, 15) is 0 Å². The maximum atomic E-state index is 5.63. The van der Waals surface area contributed by atoms with E-state index in [1.165, 1.54) is 39.0 Å².